The summed E-state index contributed by atoms with van der Waals surface area (Å²) in [6, 6.07) is 19.0. The first kappa shape index (κ1) is 23.2. The number of benzene rings is 3. The topological polar surface area (TPSA) is 95.1 Å². The van der Waals surface area contributed by atoms with Gasteiger partial charge in [-0.25, -0.2) is 10.2 Å². The maximum Gasteiger partial charge on any atom is 0.339 e. The molecule has 3 amide bonds. The standard InChI is InChI=1S/C24H20ClN5O3S/c1-15-4-2-3-5-19(15)28-24(34)30-20-11-10-18(12-21(20)33-14-22(30)31)27-23(32)29-26-13-16-6-8-17(25)9-7-16/h2-13H,14H2,1H3,(H,28,34)(H2,27,29,32)/b26-13+. The normalized spacial score (nSPS) is 12.6. The monoisotopic (exact) mass is 493 g/mol. The van der Waals surface area contributed by atoms with Crippen LogP contribution in [0.2, 0.25) is 5.02 Å². The number of nitrogens with zero attached hydrogens (tertiary/aromatic N) is 2. The average molecular weight is 494 g/mol. The number of urea groups is 1. The second kappa shape index (κ2) is 10.3. The highest BCUT2D eigenvalue weighted by atomic mass is 35.5. The number of ether oxygens (including phenoxy) is 1. The SMILES string of the molecule is Cc1ccccc1NC(=S)N1C(=O)COc2cc(NC(=O)N/N=C/c3ccc(Cl)cc3)ccc21. The molecule has 1 aliphatic heterocycles. The zero-order valence-corrected chi connectivity index (χ0v) is 19.6. The van der Waals surface area contributed by atoms with Gasteiger partial charge < -0.3 is 15.4 Å². The molecule has 3 N–H and O–H groups in total. The summed E-state index contributed by atoms with van der Waals surface area (Å²) in [7, 11) is 0. The van der Waals surface area contributed by atoms with Crippen molar-refractivity contribution in [2.75, 3.05) is 22.1 Å². The van der Waals surface area contributed by atoms with Gasteiger partial charge in [0, 0.05) is 22.5 Å². The Morgan fingerprint density at radius 2 is 1.88 bits per heavy atom. The van der Waals surface area contributed by atoms with Crippen molar-refractivity contribution in [3.8, 4) is 5.75 Å². The molecule has 10 heteroatoms. The number of para-hydroxylation sites is 1. The Kier molecular flexibility index (Phi) is 7.05. The third-order valence-corrected chi connectivity index (χ3v) is 5.44. The van der Waals surface area contributed by atoms with Gasteiger partial charge in [0.05, 0.1) is 11.9 Å². The fraction of sp³-hybridized carbons (Fsp3) is 0.0833. The Bertz CT molecular complexity index is 1280. The molecule has 172 valence electrons. The molecule has 0 aromatic heterocycles. The van der Waals surface area contributed by atoms with Gasteiger partial charge in [-0.1, -0.05) is 41.9 Å². The highest BCUT2D eigenvalue weighted by Crippen LogP contribution is 2.35. The zero-order valence-electron chi connectivity index (χ0n) is 18.0. The molecule has 0 radical (unpaired) electrons. The number of hydrogen-bond acceptors (Lipinski definition) is 5. The van der Waals surface area contributed by atoms with Crippen molar-refractivity contribution in [2.24, 2.45) is 5.10 Å². The van der Waals surface area contributed by atoms with E-state index in [4.69, 9.17) is 28.6 Å². The fourth-order valence-corrected chi connectivity index (χ4v) is 3.65. The van der Waals surface area contributed by atoms with Gasteiger partial charge in [0.15, 0.2) is 11.7 Å². The summed E-state index contributed by atoms with van der Waals surface area (Å²) >= 11 is 11.3. The van der Waals surface area contributed by atoms with Crippen LogP contribution in [0, 0.1) is 6.92 Å². The minimum absolute atomic E-state index is 0.177. The molecule has 0 saturated carbocycles. The number of hydrogen-bond donors (Lipinski definition) is 3. The van der Waals surface area contributed by atoms with Crippen LogP contribution >= 0.6 is 23.8 Å². The Balaban J connectivity index is 1.43. The quantitative estimate of drug-likeness (QED) is 0.272. The predicted molar refractivity (Wildman–Crippen MR) is 138 cm³/mol. The number of thiocarbonyl (C=S) groups is 1. The third-order valence-electron chi connectivity index (χ3n) is 4.90. The molecule has 34 heavy (non-hydrogen) atoms. The van der Waals surface area contributed by atoms with Crippen LogP contribution in [0.15, 0.2) is 71.8 Å². The number of hydrazone groups is 1. The van der Waals surface area contributed by atoms with E-state index in [0.717, 1.165) is 16.8 Å². The van der Waals surface area contributed by atoms with E-state index in [1.165, 1.54) is 11.1 Å². The van der Waals surface area contributed by atoms with Crippen LogP contribution in [0.4, 0.5) is 21.9 Å². The van der Waals surface area contributed by atoms with E-state index >= 15 is 0 Å². The lowest BCUT2D eigenvalue weighted by molar-refractivity contribution is -0.120. The molecule has 3 aromatic rings. The van der Waals surface area contributed by atoms with E-state index in [0.29, 0.717) is 22.1 Å². The first-order chi connectivity index (χ1) is 16.4. The Hall–Kier alpha value is -3.95. The van der Waals surface area contributed by atoms with Gasteiger partial charge in [-0.15, -0.1) is 0 Å². The van der Waals surface area contributed by atoms with E-state index in [9.17, 15) is 9.59 Å². The summed E-state index contributed by atoms with van der Waals surface area (Å²) in [6.07, 6.45) is 1.50. The summed E-state index contributed by atoms with van der Waals surface area (Å²) in [5, 5.41) is 10.5. The predicted octanol–water partition coefficient (Wildman–Crippen LogP) is 4.93. The molecule has 1 aliphatic rings. The van der Waals surface area contributed by atoms with Crippen LogP contribution in [0.3, 0.4) is 0 Å². The highest BCUT2D eigenvalue weighted by molar-refractivity contribution is 7.80. The number of amides is 3. The summed E-state index contributed by atoms with van der Waals surface area (Å²) in [5.74, 6) is 0.115. The average Bonchev–Trinajstić information content (AvgIpc) is 2.82. The third kappa shape index (κ3) is 5.51. The van der Waals surface area contributed by atoms with Crippen LogP contribution in [0.5, 0.6) is 5.75 Å². The van der Waals surface area contributed by atoms with Crippen LogP contribution in [0.1, 0.15) is 11.1 Å². The molecule has 0 unspecified atom stereocenters. The smallest absolute Gasteiger partial charge is 0.339 e. The van der Waals surface area contributed by atoms with Crippen molar-refractivity contribution in [3.05, 3.63) is 82.9 Å². The molecule has 0 fully saturated rings. The van der Waals surface area contributed by atoms with Gasteiger partial charge in [-0.3, -0.25) is 9.69 Å². The molecule has 0 spiro atoms. The zero-order chi connectivity index (χ0) is 24.1. The van der Waals surface area contributed by atoms with Crippen LogP contribution in [0.25, 0.3) is 0 Å². The lowest BCUT2D eigenvalue weighted by atomic mass is 10.2. The van der Waals surface area contributed by atoms with Gasteiger partial charge in [-0.2, -0.15) is 5.10 Å². The number of carbonyl (C=O) groups excluding carboxylic acids is 2. The number of fused-ring (bicyclic) bond motifs is 1. The Morgan fingerprint density at radius 1 is 1.12 bits per heavy atom. The molecule has 0 saturated heterocycles. The van der Waals surface area contributed by atoms with Gasteiger partial charge in [0.1, 0.15) is 5.75 Å². The minimum Gasteiger partial charge on any atom is -0.481 e. The van der Waals surface area contributed by atoms with E-state index in [1.807, 2.05) is 31.2 Å². The summed E-state index contributed by atoms with van der Waals surface area (Å²) < 4.78 is 5.57. The van der Waals surface area contributed by atoms with Crippen molar-refractivity contribution in [3.63, 3.8) is 0 Å². The molecule has 0 bridgehead atoms. The molecule has 0 atom stereocenters. The Labute approximate surface area is 206 Å². The van der Waals surface area contributed by atoms with Crippen LogP contribution < -0.4 is 25.7 Å². The van der Waals surface area contributed by atoms with Crippen molar-refractivity contribution in [1.82, 2.24) is 5.43 Å². The summed E-state index contributed by atoms with van der Waals surface area (Å²) in [4.78, 5) is 26.1. The van der Waals surface area contributed by atoms with Gasteiger partial charge in [0.25, 0.3) is 5.91 Å². The summed E-state index contributed by atoms with van der Waals surface area (Å²) in [5.41, 5.74) is 5.92. The number of rotatable bonds is 4. The molecular weight excluding hydrogens is 474 g/mol. The number of carbonyl (C=O) groups is 2. The largest absolute Gasteiger partial charge is 0.481 e. The van der Waals surface area contributed by atoms with E-state index in [1.54, 1.807) is 42.5 Å². The molecule has 1 heterocycles. The molecular formula is C24H20ClN5O3S. The summed E-state index contributed by atoms with van der Waals surface area (Å²) in [6.45, 7) is 1.77. The second-order valence-corrected chi connectivity index (χ2v) is 8.14. The van der Waals surface area contributed by atoms with E-state index in [2.05, 4.69) is 21.2 Å². The Morgan fingerprint density at radius 3 is 2.65 bits per heavy atom. The van der Waals surface area contributed by atoms with E-state index < -0.39 is 6.03 Å². The van der Waals surface area contributed by atoms with Crippen molar-refractivity contribution < 1.29 is 14.3 Å². The van der Waals surface area contributed by atoms with Gasteiger partial charge in [0.2, 0.25) is 0 Å². The first-order valence-corrected chi connectivity index (χ1v) is 11.0. The highest BCUT2D eigenvalue weighted by Gasteiger charge is 2.29. The lowest BCUT2D eigenvalue weighted by Crippen LogP contribution is -2.45. The van der Waals surface area contributed by atoms with Crippen molar-refractivity contribution in [2.45, 2.75) is 6.92 Å². The molecule has 3 aromatic carbocycles. The second-order valence-electron chi connectivity index (χ2n) is 7.32. The number of aryl methyl sites for hydroxylation is 1. The van der Waals surface area contributed by atoms with E-state index in [-0.39, 0.29) is 17.6 Å². The van der Waals surface area contributed by atoms with Crippen LogP contribution in [-0.4, -0.2) is 29.9 Å². The minimum atomic E-state index is -0.536. The number of anilines is 3. The van der Waals surface area contributed by atoms with Gasteiger partial charge in [-0.05, 0) is 60.6 Å². The lowest BCUT2D eigenvalue weighted by Gasteiger charge is -2.30. The van der Waals surface area contributed by atoms with Gasteiger partial charge >= 0.3 is 6.03 Å². The van der Waals surface area contributed by atoms with Crippen LogP contribution in [-0.2, 0) is 4.79 Å². The molecule has 0 aliphatic carbocycles. The maximum atomic E-state index is 12.6. The number of halogens is 1. The van der Waals surface area contributed by atoms with Crippen molar-refractivity contribution in [1.29, 1.82) is 0 Å². The van der Waals surface area contributed by atoms with Crippen molar-refractivity contribution >= 4 is 64.1 Å². The first-order valence-electron chi connectivity index (χ1n) is 10.2. The molecule has 8 nitrogen and oxygen atoms in total. The number of nitrogens with one attached hydrogen (secondary N) is 3. The maximum absolute atomic E-state index is 12.6. The molecule has 4 rings (SSSR count). The fourth-order valence-electron chi connectivity index (χ4n) is 3.21.